The Morgan fingerprint density at radius 3 is 0.752 bits per heavy atom. The lowest BCUT2D eigenvalue weighted by Gasteiger charge is -2.21. The third kappa shape index (κ3) is 74.7. The van der Waals surface area contributed by atoms with E-state index in [1.54, 1.807) is 0 Å². The molecule has 0 heterocycles. The summed E-state index contributed by atoms with van der Waals surface area (Å²) in [5, 5.41) is 10.6. The van der Waals surface area contributed by atoms with Crippen LogP contribution in [0.25, 0.3) is 0 Å². The smallest absolute Gasteiger partial charge is 0.462 e. The van der Waals surface area contributed by atoms with Crippen LogP contribution in [0.3, 0.4) is 0 Å². The first-order valence-electron chi connectivity index (χ1n) is 42.5. The third-order valence-electron chi connectivity index (χ3n) is 19.6. The van der Waals surface area contributed by atoms with Gasteiger partial charge >= 0.3 is 39.5 Å². The summed E-state index contributed by atoms with van der Waals surface area (Å²) in [5.41, 5.74) is 0. The van der Waals surface area contributed by atoms with Crippen molar-refractivity contribution in [3.05, 3.63) is 0 Å². The Labute approximate surface area is 619 Å². The average Bonchev–Trinajstić information content (AvgIpc) is 1.00. The summed E-state index contributed by atoms with van der Waals surface area (Å²) in [7, 11) is -9.92. The molecule has 0 rings (SSSR count). The second-order valence-corrected chi connectivity index (χ2v) is 33.1. The zero-order valence-electron chi connectivity index (χ0n) is 66.2. The first-order chi connectivity index (χ1) is 48.9. The number of carbonyl (C=O) groups excluding carboxylic acids is 4. The van der Waals surface area contributed by atoms with Crippen LogP contribution in [0, 0.1) is 11.8 Å². The molecule has 19 heteroatoms. The molecule has 101 heavy (non-hydrogen) atoms. The normalized spacial score (nSPS) is 14.2. The maximum absolute atomic E-state index is 13.1. The van der Waals surface area contributed by atoms with E-state index in [0.717, 1.165) is 108 Å². The van der Waals surface area contributed by atoms with Gasteiger partial charge in [0.2, 0.25) is 0 Å². The molecule has 0 saturated carbocycles. The molecule has 17 nitrogen and oxygen atoms in total. The van der Waals surface area contributed by atoms with E-state index in [4.69, 9.17) is 37.0 Å². The van der Waals surface area contributed by atoms with Gasteiger partial charge in [0, 0.05) is 25.7 Å². The number of esters is 4. The molecule has 0 saturated heterocycles. The molecule has 0 aromatic rings. The zero-order chi connectivity index (χ0) is 74.2. The number of carbonyl (C=O) groups is 4. The van der Waals surface area contributed by atoms with E-state index in [1.807, 2.05) is 0 Å². The van der Waals surface area contributed by atoms with Crippen LogP contribution in [-0.2, 0) is 65.4 Å². The number of ether oxygens (including phenoxy) is 4. The van der Waals surface area contributed by atoms with Gasteiger partial charge in [-0.05, 0) is 37.5 Å². The fourth-order valence-electron chi connectivity index (χ4n) is 12.7. The molecular formula is C82H160O17P2. The standard InChI is InChI=1S/C82H160O17P2/c1-7-10-12-14-16-18-20-22-24-26-27-28-29-30-32-34-36-38-42-46-54-60-66-81(86)98-77(70-92-79(84)64-58-52-45-41-37-35-33-31-25-23-21-19-17-15-13-11-8-2)72-96-100(88,89)94-68-76(83)69-95-101(90,91)97-73-78(71-93-80(85)65-59-53-49-48-51-57-63-75(6)9-3)99-82(87)67-61-55-47-43-39-40-44-50-56-62-74(4)5/h74-78,83H,7-73H2,1-6H3,(H,88,89)(H,90,91)/t75?,76-,77-,78-/m1/s1. The number of unbranched alkanes of at least 4 members (excludes halogenated alkanes) is 50. The summed E-state index contributed by atoms with van der Waals surface area (Å²) in [6.07, 6.45) is 64.1. The molecule has 600 valence electrons. The van der Waals surface area contributed by atoms with Gasteiger partial charge in [-0.3, -0.25) is 37.3 Å². The van der Waals surface area contributed by atoms with E-state index in [9.17, 15) is 43.2 Å². The van der Waals surface area contributed by atoms with Crippen molar-refractivity contribution in [1.29, 1.82) is 0 Å². The van der Waals surface area contributed by atoms with E-state index in [0.29, 0.717) is 25.7 Å². The molecule has 0 bridgehead atoms. The van der Waals surface area contributed by atoms with Gasteiger partial charge in [-0.25, -0.2) is 9.13 Å². The summed E-state index contributed by atoms with van der Waals surface area (Å²) in [4.78, 5) is 73.0. The Hall–Kier alpha value is -1.94. The highest BCUT2D eigenvalue weighted by atomic mass is 31.2. The Kier molecular flexibility index (Phi) is 72.2. The maximum atomic E-state index is 13.1. The lowest BCUT2D eigenvalue weighted by molar-refractivity contribution is -0.161. The highest BCUT2D eigenvalue weighted by Crippen LogP contribution is 2.45. The van der Waals surface area contributed by atoms with Gasteiger partial charge in [0.05, 0.1) is 26.4 Å². The molecule has 0 radical (unpaired) electrons. The van der Waals surface area contributed by atoms with Crippen LogP contribution < -0.4 is 0 Å². The molecule has 0 aromatic carbocycles. The SMILES string of the molecule is CCCCCCCCCCCCCCCCCCCCCCCCC(=O)O[C@H](COC(=O)CCCCCCCCCCCCCCCCCCC)COP(=O)(O)OC[C@@H](O)COP(=O)(O)OC[C@@H](COC(=O)CCCCCCCCC(C)CC)OC(=O)CCCCCCCCCCCC(C)C. The van der Waals surface area contributed by atoms with Crippen LogP contribution in [0.4, 0.5) is 0 Å². The first-order valence-corrected chi connectivity index (χ1v) is 45.5. The van der Waals surface area contributed by atoms with Gasteiger partial charge < -0.3 is 33.8 Å². The molecule has 0 aliphatic carbocycles. The predicted octanol–water partition coefficient (Wildman–Crippen LogP) is 24.7. The Morgan fingerprint density at radius 2 is 0.505 bits per heavy atom. The molecule has 3 N–H and O–H groups in total. The first kappa shape index (κ1) is 99.1. The topological polar surface area (TPSA) is 237 Å². The third-order valence-corrected chi connectivity index (χ3v) is 21.5. The number of phosphoric ester groups is 2. The van der Waals surface area contributed by atoms with Gasteiger partial charge in [0.1, 0.15) is 19.3 Å². The predicted molar refractivity (Wildman–Crippen MR) is 414 cm³/mol. The minimum Gasteiger partial charge on any atom is -0.462 e. The number of phosphoric acid groups is 2. The van der Waals surface area contributed by atoms with E-state index >= 15 is 0 Å². The van der Waals surface area contributed by atoms with Crippen molar-refractivity contribution in [3.8, 4) is 0 Å². The molecule has 0 aromatic heterocycles. The summed E-state index contributed by atoms with van der Waals surface area (Å²) < 4.78 is 68.7. The molecule has 0 spiro atoms. The second kappa shape index (κ2) is 73.6. The number of rotatable bonds is 81. The van der Waals surface area contributed by atoms with Crippen LogP contribution in [0.5, 0.6) is 0 Å². The van der Waals surface area contributed by atoms with Crippen LogP contribution in [0.1, 0.15) is 433 Å². The second-order valence-electron chi connectivity index (χ2n) is 30.2. The lowest BCUT2D eigenvalue weighted by Crippen LogP contribution is -2.30. The van der Waals surface area contributed by atoms with E-state index in [2.05, 4.69) is 41.5 Å². The summed E-state index contributed by atoms with van der Waals surface area (Å²) >= 11 is 0. The van der Waals surface area contributed by atoms with Gasteiger partial charge in [-0.2, -0.15) is 0 Å². The molecule has 0 amide bonds. The largest absolute Gasteiger partial charge is 0.472 e. The maximum Gasteiger partial charge on any atom is 0.472 e. The minimum atomic E-state index is -4.96. The van der Waals surface area contributed by atoms with Crippen molar-refractivity contribution in [2.24, 2.45) is 11.8 Å². The van der Waals surface area contributed by atoms with Crippen molar-refractivity contribution >= 4 is 39.5 Å². The Bertz CT molecular complexity index is 1940. The molecule has 0 aliphatic rings. The van der Waals surface area contributed by atoms with Crippen molar-refractivity contribution in [1.82, 2.24) is 0 Å². The monoisotopic (exact) mass is 1480 g/mol. The average molecular weight is 1480 g/mol. The molecular weight excluding hydrogens is 1320 g/mol. The van der Waals surface area contributed by atoms with Crippen LogP contribution in [-0.4, -0.2) is 96.7 Å². The number of hydrogen-bond donors (Lipinski definition) is 3. The molecule has 6 atom stereocenters. The van der Waals surface area contributed by atoms with Gasteiger partial charge in [0.25, 0.3) is 0 Å². The van der Waals surface area contributed by atoms with Crippen molar-refractivity contribution in [2.75, 3.05) is 39.6 Å². The highest BCUT2D eigenvalue weighted by molar-refractivity contribution is 7.47. The molecule has 3 unspecified atom stereocenters. The summed E-state index contributed by atoms with van der Waals surface area (Å²) in [6, 6.07) is 0. The van der Waals surface area contributed by atoms with Gasteiger partial charge in [-0.15, -0.1) is 0 Å². The van der Waals surface area contributed by atoms with Crippen LogP contribution >= 0.6 is 15.6 Å². The zero-order valence-corrected chi connectivity index (χ0v) is 68.0. The lowest BCUT2D eigenvalue weighted by atomic mass is 10.00. The number of hydrogen-bond acceptors (Lipinski definition) is 15. The Balaban J connectivity index is 5.21. The van der Waals surface area contributed by atoms with E-state index in [-0.39, 0.29) is 25.7 Å². The van der Waals surface area contributed by atoms with Crippen molar-refractivity contribution in [3.63, 3.8) is 0 Å². The molecule has 0 aliphatic heterocycles. The van der Waals surface area contributed by atoms with Crippen molar-refractivity contribution in [2.45, 2.75) is 452 Å². The summed E-state index contributed by atoms with van der Waals surface area (Å²) in [5.74, 6) is -0.644. The van der Waals surface area contributed by atoms with Crippen LogP contribution in [0.2, 0.25) is 0 Å². The minimum absolute atomic E-state index is 0.105. The fraction of sp³-hybridized carbons (Fsp3) is 0.951. The van der Waals surface area contributed by atoms with Crippen LogP contribution in [0.15, 0.2) is 0 Å². The quantitative estimate of drug-likeness (QED) is 0.0222. The highest BCUT2D eigenvalue weighted by Gasteiger charge is 2.30. The summed E-state index contributed by atoms with van der Waals surface area (Å²) in [6.45, 7) is 9.57. The fourth-order valence-corrected chi connectivity index (χ4v) is 14.3. The van der Waals surface area contributed by atoms with Crippen molar-refractivity contribution < 1.29 is 80.2 Å². The molecule has 0 fully saturated rings. The van der Waals surface area contributed by atoms with Gasteiger partial charge in [-0.1, -0.05) is 382 Å². The Morgan fingerprint density at radius 1 is 0.287 bits per heavy atom. The van der Waals surface area contributed by atoms with E-state index in [1.165, 1.54) is 244 Å². The van der Waals surface area contributed by atoms with Gasteiger partial charge in [0.15, 0.2) is 12.2 Å². The number of aliphatic hydroxyl groups excluding tert-OH is 1. The number of aliphatic hydroxyl groups is 1. The van der Waals surface area contributed by atoms with E-state index < -0.39 is 97.5 Å².